The third-order valence-electron chi connectivity index (χ3n) is 2.44. The molecule has 96 valence electrons. The van der Waals surface area contributed by atoms with E-state index in [9.17, 15) is 4.79 Å². The van der Waals surface area contributed by atoms with Crippen molar-refractivity contribution in [2.24, 2.45) is 5.84 Å². The summed E-state index contributed by atoms with van der Waals surface area (Å²) in [6, 6.07) is 9.12. The summed E-state index contributed by atoms with van der Waals surface area (Å²) in [6.07, 6.45) is 3.02. The van der Waals surface area contributed by atoms with Crippen LogP contribution in [-0.2, 0) is 4.79 Å². The highest BCUT2D eigenvalue weighted by molar-refractivity contribution is 5.75. The van der Waals surface area contributed by atoms with Crippen LogP contribution in [-0.4, -0.2) is 12.5 Å². The zero-order valence-electron chi connectivity index (χ0n) is 10.2. The number of nitriles is 1. The SMILES string of the molecule is N#Cc1cccc(OCCCCCC(=O)NN)c1. The van der Waals surface area contributed by atoms with Crippen LogP contribution in [0.4, 0.5) is 0 Å². The highest BCUT2D eigenvalue weighted by Crippen LogP contribution is 2.13. The Labute approximate surface area is 107 Å². The third-order valence-corrected chi connectivity index (χ3v) is 2.44. The Morgan fingerprint density at radius 3 is 2.94 bits per heavy atom. The lowest BCUT2D eigenvalue weighted by molar-refractivity contribution is -0.121. The van der Waals surface area contributed by atoms with E-state index in [0.29, 0.717) is 24.3 Å². The molecule has 0 fully saturated rings. The number of hydrazine groups is 1. The summed E-state index contributed by atoms with van der Waals surface area (Å²) in [5, 5.41) is 8.73. The first-order chi connectivity index (χ1) is 8.76. The monoisotopic (exact) mass is 247 g/mol. The second-order valence-electron chi connectivity index (χ2n) is 3.87. The van der Waals surface area contributed by atoms with E-state index in [-0.39, 0.29) is 5.91 Å². The van der Waals surface area contributed by atoms with E-state index in [2.05, 4.69) is 11.5 Å². The van der Waals surface area contributed by atoms with Gasteiger partial charge in [0.25, 0.3) is 0 Å². The molecule has 18 heavy (non-hydrogen) atoms. The van der Waals surface area contributed by atoms with Crippen LogP contribution in [0, 0.1) is 11.3 Å². The fourth-order valence-corrected chi connectivity index (χ4v) is 1.48. The fraction of sp³-hybridized carbons (Fsp3) is 0.385. The van der Waals surface area contributed by atoms with Crippen molar-refractivity contribution in [1.82, 2.24) is 5.43 Å². The topological polar surface area (TPSA) is 88.1 Å². The second-order valence-corrected chi connectivity index (χ2v) is 3.87. The number of carbonyl (C=O) groups excluding carboxylic acids is 1. The number of hydrogen-bond donors (Lipinski definition) is 2. The number of nitrogens with zero attached hydrogens (tertiary/aromatic N) is 1. The normalized spacial score (nSPS) is 9.56. The van der Waals surface area contributed by atoms with E-state index in [0.717, 1.165) is 19.3 Å². The number of nitrogens with two attached hydrogens (primary N) is 1. The largest absolute Gasteiger partial charge is 0.494 e. The lowest BCUT2D eigenvalue weighted by Gasteiger charge is -2.06. The Morgan fingerprint density at radius 2 is 2.22 bits per heavy atom. The summed E-state index contributed by atoms with van der Waals surface area (Å²) in [4.78, 5) is 10.8. The number of carbonyl (C=O) groups is 1. The van der Waals surface area contributed by atoms with Gasteiger partial charge in [-0.15, -0.1) is 0 Å². The van der Waals surface area contributed by atoms with Gasteiger partial charge < -0.3 is 4.74 Å². The summed E-state index contributed by atoms with van der Waals surface area (Å²) >= 11 is 0. The van der Waals surface area contributed by atoms with Crippen molar-refractivity contribution >= 4 is 5.91 Å². The Hall–Kier alpha value is -2.06. The molecule has 3 N–H and O–H groups in total. The van der Waals surface area contributed by atoms with Gasteiger partial charge in [-0.25, -0.2) is 5.84 Å². The van der Waals surface area contributed by atoms with Crippen LogP contribution in [0.5, 0.6) is 5.75 Å². The number of amides is 1. The van der Waals surface area contributed by atoms with Gasteiger partial charge in [0.15, 0.2) is 0 Å². The molecule has 5 nitrogen and oxygen atoms in total. The van der Waals surface area contributed by atoms with Gasteiger partial charge in [-0.1, -0.05) is 6.07 Å². The van der Waals surface area contributed by atoms with Gasteiger partial charge >= 0.3 is 0 Å². The Bertz CT molecular complexity index is 426. The predicted molar refractivity (Wildman–Crippen MR) is 67.5 cm³/mol. The minimum Gasteiger partial charge on any atom is -0.494 e. The molecule has 5 heteroatoms. The minimum absolute atomic E-state index is 0.141. The first-order valence-corrected chi connectivity index (χ1v) is 5.88. The summed E-state index contributed by atoms with van der Waals surface area (Å²) in [5.41, 5.74) is 2.68. The zero-order valence-corrected chi connectivity index (χ0v) is 10.2. The van der Waals surface area contributed by atoms with Gasteiger partial charge in [-0.3, -0.25) is 10.2 Å². The highest BCUT2D eigenvalue weighted by atomic mass is 16.5. The number of unbranched alkanes of at least 4 members (excludes halogenated alkanes) is 2. The molecule has 0 saturated heterocycles. The van der Waals surface area contributed by atoms with Gasteiger partial charge in [-0.2, -0.15) is 5.26 Å². The number of ether oxygens (including phenoxy) is 1. The van der Waals surface area contributed by atoms with Crippen LogP contribution in [0.2, 0.25) is 0 Å². The molecule has 0 bridgehead atoms. The molecule has 0 aliphatic rings. The average Bonchev–Trinajstić information content (AvgIpc) is 2.42. The molecule has 0 aliphatic heterocycles. The summed E-state index contributed by atoms with van der Waals surface area (Å²) < 4.78 is 5.51. The molecule has 1 rings (SSSR count). The number of nitrogens with one attached hydrogen (secondary N) is 1. The maximum absolute atomic E-state index is 10.8. The molecule has 0 aliphatic carbocycles. The van der Waals surface area contributed by atoms with E-state index >= 15 is 0 Å². The quantitative estimate of drug-likeness (QED) is 0.330. The van der Waals surface area contributed by atoms with E-state index < -0.39 is 0 Å². The van der Waals surface area contributed by atoms with Gasteiger partial charge in [-0.05, 0) is 37.5 Å². The van der Waals surface area contributed by atoms with Gasteiger partial charge in [0.1, 0.15) is 5.75 Å². The minimum atomic E-state index is -0.141. The van der Waals surface area contributed by atoms with Crippen LogP contribution in [0.25, 0.3) is 0 Å². The summed E-state index contributed by atoms with van der Waals surface area (Å²) in [6.45, 7) is 0.582. The van der Waals surface area contributed by atoms with Crippen molar-refractivity contribution in [3.8, 4) is 11.8 Å². The Morgan fingerprint density at radius 1 is 1.39 bits per heavy atom. The van der Waals surface area contributed by atoms with Crippen LogP contribution in [0.1, 0.15) is 31.2 Å². The molecule has 0 heterocycles. The molecule has 0 radical (unpaired) electrons. The van der Waals surface area contributed by atoms with Crippen molar-refractivity contribution < 1.29 is 9.53 Å². The van der Waals surface area contributed by atoms with Crippen molar-refractivity contribution in [3.05, 3.63) is 29.8 Å². The first-order valence-electron chi connectivity index (χ1n) is 5.88. The molecular formula is C13H17N3O2. The van der Waals surface area contributed by atoms with Gasteiger partial charge in [0.05, 0.1) is 18.2 Å². The first kappa shape index (κ1) is 14.0. The molecule has 1 amide bonds. The van der Waals surface area contributed by atoms with Crippen molar-refractivity contribution in [2.45, 2.75) is 25.7 Å². The maximum Gasteiger partial charge on any atom is 0.233 e. The van der Waals surface area contributed by atoms with E-state index in [1.807, 2.05) is 6.07 Å². The Kier molecular flexibility index (Phi) is 6.30. The maximum atomic E-state index is 10.8. The number of benzene rings is 1. The lowest BCUT2D eigenvalue weighted by Crippen LogP contribution is -2.29. The predicted octanol–water partition coefficient (Wildman–Crippen LogP) is 1.49. The second kappa shape index (κ2) is 8.09. The molecule has 1 aromatic rings. The standard InChI is InChI=1S/C13H17N3O2/c14-10-11-5-4-6-12(9-11)18-8-3-1-2-7-13(17)16-15/h4-6,9H,1-3,7-8,15H2,(H,16,17). The number of hydrogen-bond acceptors (Lipinski definition) is 4. The zero-order chi connectivity index (χ0) is 13.2. The molecule has 0 saturated carbocycles. The summed E-state index contributed by atoms with van der Waals surface area (Å²) in [7, 11) is 0. The summed E-state index contributed by atoms with van der Waals surface area (Å²) in [5.74, 6) is 5.53. The highest BCUT2D eigenvalue weighted by Gasteiger charge is 1.99. The van der Waals surface area contributed by atoms with E-state index in [1.54, 1.807) is 18.2 Å². The molecule has 1 aromatic carbocycles. The van der Waals surface area contributed by atoms with Crippen LogP contribution in [0.3, 0.4) is 0 Å². The number of rotatable bonds is 7. The molecule has 0 spiro atoms. The molecular weight excluding hydrogens is 230 g/mol. The van der Waals surface area contributed by atoms with Gasteiger partial charge in [0, 0.05) is 6.42 Å². The third kappa shape index (κ3) is 5.32. The van der Waals surface area contributed by atoms with Crippen molar-refractivity contribution in [3.63, 3.8) is 0 Å². The van der Waals surface area contributed by atoms with E-state index in [1.165, 1.54) is 0 Å². The van der Waals surface area contributed by atoms with Gasteiger partial charge in [0.2, 0.25) is 5.91 Å². The molecule has 0 atom stereocenters. The van der Waals surface area contributed by atoms with Crippen LogP contribution >= 0.6 is 0 Å². The van der Waals surface area contributed by atoms with Crippen molar-refractivity contribution in [2.75, 3.05) is 6.61 Å². The van der Waals surface area contributed by atoms with Crippen LogP contribution in [0.15, 0.2) is 24.3 Å². The lowest BCUT2D eigenvalue weighted by atomic mass is 10.2. The van der Waals surface area contributed by atoms with E-state index in [4.69, 9.17) is 15.8 Å². The molecule has 0 unspecified atom stereocenters. The van der Waals surface area contributed by atoms with Crippen LogP contribution < -0.4 is 16.0 Å². The average molecular weight is 247 g/mol. The smallest absolute Gasteiger partial charge is 0.233 e. The molecule has 0 aromatic heterocycles. The van der Waals surface area contributed by atoms with Crippen molar-refractivity contribution in [1.29, 1.82) is 5.26 Å². The Balaban J connectivity index is 2.14. The fourth-order valence-electron chi connectivity index (χ4n) is 1.48.